The van der Waals surface area contributed by atoms with Crippen molar-refractivity contribution in [2.45, 2.75) is 57.9 Å². The van der Waals surface area contributed by atoms with Crippen molar-refractivity contribution in [3.05, 3.63) is 46.5 Å². The molecular weight excluding hydrogens is 443 g/mol. The van der Waals surface area contributed by atoms with Crippen molar-refractivity contribution in [1.82, 2.24) is 0 Å². The Bertz CT molecular complexity index is 751. The van der Waals surface area contributed by atoms with E-state index in [-0.39, 0.29) is 29.8 Å². The van der Waals surface area contributed by atoms with Crippen molar-refractivity contribution < 1.29 is 33.3 Å². The Balaban J connectivity index is 0.00000182. The van der Waals surface area contributed by atoms with Crippen molar-refractivity contribution in [2.24, 2.45) is 5.41 Å². The van der Waals surface area contributed by atoms with Crippen LogP contribution in [0, 0.1) is 5.41 Å². The summed E-state index contributed by atoms with van der Waals surface area (Å²) >= 11 is 1.71. The molecule has 25 heavy (non-hydrogen) atoms. The van der Waals surface area contributed by atoms with E-state index in [9.17, 15) is 4.79 Å². The summed E-state index contributed by atoms with van der Waals surface area (Å²) in [6.07, 6.45) is 10.4. The second kappa shape index (κ2) is 7.74. The molecule has 0 bridgehead atoms. The summed E-state index contributed by atoms with van der Waals surface area (Å²) in [7, 11) is 0. The Hall–Kier alpha value is -0.950. The summed E-state index contributed by atoms with van der Waals surface area (Å²) in [6.45, 7) is 0.370. The molecule has 1 heterocycles. The van der Waals surface area contributed by atoms with Crippen LogP contribution in [0.15, 0.2) is 30.3 Å². The van der Waals surface area contributed by atoms with Gasteiger partial charge in [0.15, 0.2) is 6.54 Å². The molecule has 4 rings (SSSR count). The highest BCUT2D eigenvalue weighted by Crippen LogP contribution is 2.47. The second-order valence-electron chi connectivity index (χ2n) is 7.42. The molecule has 0 radical (unpaired) electrons. The minimum Gasteiger partial charge on any atom is -1.00 e. The lowest BCUT2D eigenvalue weighted by molar-refractivity contribution is -0.672. The van der Waals surface area contributed by atoms with E-state index in [2.05, 4.69) is 4.57 Å². The van der Waals surface area contributed by atoms with E-state index in [1.807, 2.05) is 30.3 Å². The number of carbonyl (C=O) groups excluding carboxylic acids is 1. The average Bonchev–Trinajstić information content (AvgIpc) is 2.91. The molecule has 0 unspecified atom stereocenters. The lowest BCUT2D eigenvalue weighted by atomic mass is 9.66. The van der Waals surface area contributed by atoms with Crippen LogP contribution in [-0.2, 0) is 19.4 Å². The number of ketones is 1. The maximum absolute atomic E-state index is 12.6. The number of hydrogen-bond acceptors (Lipinski definition) is 3. The zero-order valence-corrected chi connectivity index (χ0v) is 17.4. The first-order valence-electron chi connectivity index (χ1n) is 9.05. The lowest BCUT2D eigenvalue weighted by Crippen LogP contribution is -3.00. The fourth-order valence-electron chi connectivity index (χ4n) is 4.51. The molecule has 1 saturated carbocycles. The van der Waals surface area contributed by atoms with Crippen LogP contribution in [0.2, 0.25) is 0 Å². The molecule has 1 fully saturated rings. The van der Waals surface area contributed by atoms with Gasteiger partial charge >= 0.3 is 5.13 Å². The predicted octanol–water partition coefficient (Wildman–Crippen LogP) is 0.944. The molecule has 0 amide bonds. The summed E-state index contributed by atoms with van der Waals surface area (Å²) in [5.41, 5.74) is 8.90. The molecule has 2 aromatic rings. The van der Waals surface area contributed by atoms with Gasteiger partial charge in [0.05, 0.1) is 4.88 Å². The highest BCUT2D eigenvalue weighted by Gasteiger charge is 2.39. The number of anilines is 1. The molecule has 134 valence electrons. The van der Waals surface area contributed by atoms with Gasteiger partial charge in [-0.3, -0.25) is 10.5 Å². The molecule has 2 aliphatic carbocycles. The van der Waals surface area contributed by atoms with Gasteiger partial charge in [-0.25, -0.2) is 4.57 Å². The number of hydrogen-bond donors (Lipinski definition) is 1. The average molecular weight is 468 g/mol. The summed E-state index contributed by atoms with van der Waals surface area (Å²) in [5.74, 6) is 0.144. The molecule has 0 aliphatic heterocycles. The van der Waals surface area contributed by atoms with Crippen molar-refractivity contribution in [2.75, 3.05) is 5.73 Å². The van der Waals surface area contributed by atoms with Gasteiger partial charge in [-0.1, -0.05) is 60.9 Å². The predicted molar refractivity (Wildman–Crippen MR) is 97.2 cm³/mol. The fourth-order valence-corrected chi connectivity index (χ4v) is 5.76. The van der Waals surface area contributed by atoms with Crippen LogP contribution in [0.4, 0.5) is 5.13 Å². The number of fused-ring (bicyclic) bond motifs is 1. The van der Waals surface area contributed by atoms with Gasteiger partial charge in [0.2, 0.25) is 5.78 Å². The number of nitrogen functional groups attached to an aromatic ring is 1. The van der Waals surface area contributed by atoms with E-state index in [1.54, 1.807) is 11.3 Å². The van der Waals surface area contributed by atoms with E-state index in [1.165, 1.54) is 55.5 Å². The van der Waals surface area contributed by atoms with Crippen LogP contribution in [0.3, 0.4) is 0 Å². The molecule has 1 aromatic carbocycles. The zero-order valence-electron chi connectivity index (χ0n) is 14.5. The largest absolute Gasteiger partial charge is 1.00 e. The van der Waals surface area contributed by atoms with Crippen molar-refractivity contribution in [3.8, 4) is 0 Å². The summed E-state index contributed by atoms with van der Waals surface area (Å²) in [5, 5.41) is 0.789. The number of Topliss-reactive ketones (excluding diaryl/α,β-unsaturated/α-hetero) is 1. The fraction of sp³-hybridized carbons (Fsp3) is 0.500. The Labute approximate surface area is 170 Å². The van der Waals surface area contributed by atoms with Crippen LogP contribution in [0.25, 0.3) is 0 Å². The number of thiazole rings is 1. The van der Waals surface area contributed by atoms with Crippen LogP contribution in [0.1, 0.15) is 59.5 Å². The molecule has 1 aromatic heterocycles. The van der Waals surface area contributed by atoms with Gasteiger partial charge < -0.3 is 24.0 Å². The molecule has 0 atom stereocenters. The number of rotatable bonds is 3. The third kappa shape index (κ3) is 3.77. The first kappa shape index (κ1) is 18.8. The van der Waals surface area contributed by atoms with Gasteiger partial charge in [-0.05, 0) is 31.1 Å². The second-order valence-corrected chi connectivity index (χ2v) is 8.54. The Morgan fingerprint density at radius 3 is 2.56 bits per heavy atom. The number of halogens is 1. The van der Waals surface area contributed by atoms with Gasteiger partial charge in [0.1, 0.15) is 5.69 Å². The van der Waals surface area contributed by atoms with Gasteiger partial charge in [0.25, 0.3) is 0 Å². The monoisotopic (exact) mass is 468 g/mol. The van der Waals surface area contributed by atoms with E-state index in [0.29, 0.717) is 12.0 Å². The first-order valence-corrected chi connectivity index (χ1v) is 9.87. The Kier molecular flexibility index (Phi) is 5.83. The van der Waals surface area contributed by atoms with Crippen LogP contribution in [0.5, 0.6) is 0 Å². The number of nitrogens with two attached hydrogens (primary N) is 1. The van der Waals surface area contributed by atoms with Crippen molar-refractivity contribution in [1.29, 1.82) is 0 Å². The number of benzene rings is 1. The number of nitrogens with zero attached hydrogens (tertiary/aromatic N) is 1. The SMILES string of the molecule is Nc1sc2c([n+]1CC(=O)c1ccccc1)CCC1(CCCCC1)C2.[I-]. The smallest absolute Gasteiger partial charge is 0.332 e. The van der Waals surface area contributed by atoms with Gasteiger partial charge in [0, 0.05) is 12.0 Å². The standard InChI is InChI=1S/C20H24N2OS.HI/c21-19-22(14-17(23)15-7-3-1-4-8-15)16-9-12-20(13-18(16)24-19)10-5-2-6-11-20;/h1,3-4,7-8,21H,2,5-6,9-14H2;1H. The lowest BCUT2D eigenvalue weighted by Gasteiger charge is -2.39. The highest BCUT2D eigenvalue weighted by atomic mass is 127. The minimum absolute atomic E-state index is 0. The number of carbonyl (C=O) groups is 1. The van der Waals surface area contributed by atoms with Gasteiger partial charge in [-0.15, -0.1) is 0 Å². The van der Waals surface area contributed by atoms with E-state index in [0.717, 1.165) is 17.1 Å². The Morgan fingerprint density at radius 1 is 1.12 bits per heavy atom. The highest BCUT2D eigenvalue weighted by molar-refractivity contribution is 7.15. The summed E-state index contributed by atoms with van der Waals surface area (Å²) < 4.78 is 2.07. The van der Waals surface area contributed by atoms with Gasteiger partial charge in [-0.2, -0.15) is 0 Å². The molecular formula is C20H25IN2OS. The van der Waals surface area contributed by atoms with E-state index in [4.69, 9.17) is 5.73 Å². The number of aromatic nitrogens is 1. The maximum Gasteiger partial charge on any atom is 0.332 e. The molecule has 0 saturated heterocycles. The van der Waals surface area contributed by atoms with Crippen molar-refractivity contribution in [3.63, 3.8) is 0 Å². The minimum atomic E-state index is 0. The molecule has 5 heteroatoms. The van der Waals surface area contributed by atoms with Crippen LogP contribution < -0.4 is 34.3 Å². The quantitative estimate of drug-likeness (QED) is 0.414. The topological polar surface area (TPSA) is 47.0 Å². The van der Waals surface area contributed by atoms with Crippen LogP contribution >= 0.6 is 11.3 Å². The third-order valence-electron chi connectivity index (χ3n) is 5.88. The Morgan fingerprint density at radius 2 is 1.84 bits per heavy atom. The van der Waals surface area contributed by atoms with E-state index < -0.39 is 0 Å². The maximum atomic E-state index is 12.6. The normalized spacial score (nSPS) is 18.4. The molecule has 1 spiro atoms. The zero-order chi connectivity index (χ0) is 16.6. The summed E-state index contributed by atoms with van der Waals surface area (Å²) in [6, 6.07) is 9.53. The molecule has 2 aliphatic rings. The first-order chi connectivity index (χ1) is 11.7. The molecule has 3 nitrogen and oxygen atoms in total. The molecule has 2 N–H and O–H groups in total. The van der Waals surface area contributed by atoms with Crippen LogP contribution in [-0.4, -0.2) is 5.78 Å². The van der Waals surface area contributed by atoms with Crippen molar-refractivity contribution >= 4 is 22.3 Å². The third-order valence-corrected chi connectivity index (χ3v) is 6.94. The van der Waals surface area contributed by atoms with E-state index >= 15 is 0 Å². The summed E-state index contributed by atoms with van der Waals surface area (Å²) in [4.78, 5) is 14.0.